The van der Waals surface area contributed by atoms with Crippen molar-refractivity contribution in [3.8, 4) is 17.2 Å². The summed E-state index contributed by atoms with van der Waals surface area (Å²) in [6.07, 6.45) is 0.242. The Balaban J connectivity index is 3.02. The summed E-state index contributed by atoms with van der Waals surface area (Å²) in [5, 5.41) is 10.5. The molecule has 0 bridgehead atoms. The Morgan fingerprint density at radius 2 is 1.41 bits per heavy atom. The van der Waals surface area contributed by atoms with E-state index >= 15 is 0 Å². The summed E-state index contributed by atoms with van der Waals surface area (Å²) in [6.45, 7) is 3.42. The second kappa shape index (κ2) is 5.71. The van der Waals surface area contributed by atoms with Crippen molar-refractivity contribution in [3.63, 3.8) is 0 Å². The fraction of sp³-hybridized carbons (Fsp3) is 0.375. The maximum absolute atomic E-state index is 12.5. The molecule has 0 heterocycles. The highest BCUT2D eigenvalue weighted by Crippen LogP contribution is 2.48. The van der Waals surface area contributed by atoms with Crippen LogP contribution in [0.2, 0.25) is 0 Å². The maximum atomic E-state index is 12.5. The highest BCUT2D eigenvalue weighted by Gasteiger charge is 2.39. The van der Waals surface area contributed by atoms with E-state index in [0.717, 1.165) is 0 Å². The average Bonchev–Trinajstić information content (AvgIpc) is 2.51. The molecule has 6 heteroatoms. The van der Waals surface area contributed by atoms with Crippen LogP contribution in [0.1, 0.15) is 34.8 Å². The molecule has 1 aromatic rings. The van der Waals surface area contributed by atoms with E-state index in [1.54, 1.807) is 13.8 Å². The van der Waals surface area contributed by atoms with Crippen LogP contribution in [0.15, 0.2) is 5.57 Å². The number of fused-ring (bicyclic) bond motifs is 1. The van der Waals surface area contributed by atoms with E-state index < -0.39 is 11.6 Å². The third-order valence-corrected chi connectivity index (χ3v) is 3.79. The molecule has 0 atom stereocenters. The largest absolute Gasteiger partial charge is 0.507 e. The molecule has 0 aromatic heterocycles. The highest BCUT2D eigenvalue weighted by atomic mass is 16.5. The Kier molecular flexibility index (Phi) is 4.12. The summed E-state index contributed by atoms with van der Waals surface area (Å²) in [5.74, 6) is -1.01. The summed E-state index contributed by atoms with van der Waals surface area (Å²) >= 11 is 0. The Labute approximate surface area is 128 Å². The summed E-state index contributed by atoms with van der Waals surface area (Å²) in [6, 6.07) is 0. The SMILES string of the molecule is CCC1=C(O)c2c(OC)c(C)c(OC)c(OC)c2C(=O)C1=O. The zero-order valence-corrected chi connectivity index (χ0v) is 13.2. The fourth-order valence-corrected chi connectivity index (χ4v) is 2.78. The van der Waals surface area contributed by atoms with E-state index in [1.165, 1.54) is 21.3 Å². The lowest BCUT2D eigenvalue weighted by Gasteiger charge is -2.25. The number of allylic oxidation sites excluding steroid dienone is 1. The van der Waals surface area contributed by atoms with Crippen LogP contribution in [-0.4, -0.2) is 38.0 Å². The lowest BCUT2D eigenvalue weighted by atomic mass is 9.84. The first-order valence-electron chi connectivity index (χ1n) is 6.78. The topological polar surface area (TPSA) is 82.1 Å². The lowest BCUT2D eigenvalue weighted by Crippen LogP contribution is -2.25. The molecule has 1 aliphatic rings. The van der Waals surface area contributed by atoms with Gasteiger partial charge in [-0.1, -0.05) is 6.92 Å². The number of methoxy groups -OCH3 is 3. The molecular formula is C16H18O6. The first kappa shape index (κ1) is 15.9. The fourth-order valence-electron chi connectivity index (χ4n) is 2.78. The molecule has 1 aromatic carbocycles. The van der Waals surface area contributed by atoms with Crippen LogP contribution in [0, 0.1) is 6.92 Å². The van der Waals surface area contributed by atoms with Crippen molar-refractivity contribution in [2.75, 3.05) is 21.3 Å². The molecule has 0 radical (unpaired) electrons. The molecule has 0 saturated carbocycles. The van der Waals surface area contributed by atoms with E-state index in [2.05, 4.69) is 0 Å². The number of carbonyl (C=O) groups is 2. The summed E-state index contributed by atoms with van der Waals surface area (Å²) in [7, 11) is 4.23. The summed E-state index contributed by atoms with van der Waals surface area (Å²) in [4.78, 5) is 24.7. The standard InChI is InChI=1S/C16H18O6/c1-6-8-11(17)9-10(13(19)12(8)18)16(22-5)15(21-4)7(2)14(9)20-3/h17H,6H2,1-5H3. The lowest BCUT2D eigenvalue weighted by molar-refractivity contribution is -0.112. The number of Topliss-reactive ketones (excluding diaryl/α,β-unsaturated/α-hetero) is 2. The molecule has 118 valence electrons. The molecule has 22 heavy (non-hydrogen) atoms. The predicted octanol–water partition coefficient (Wildman–Crippen LogP) is 2.47. The van der Waals surface area contributed by atoms with Crippen LogP contribution in [0.5, 0.6) is 17.2 Å². The third-order valence-electron chi connectivity index (χ3n) is 3.79. The first-order valence-corrected chi connectivity index (χ1v) is 6.78. The van der Waals surface area contributed by atoms with Gasteiger partial charge in [0.2, 0.25) is 11.6 Å². The van der Waals surface area contributed by atoms with Crippen LogP contribution in [0.3, 0.4) is 0 Å². The zero-order chi connectivity index (χ0) is 16.6. The van der Waals surface area contributed by atoms with Crippen molar-refractivity contribution < 1.29 is 28.9 Å². The van der Waals surface area contributed by atoms with Crippen molar-refractivity contribution in [2.24, 2.45) is 0 Å². The molecule has 0 spiro atoms. The van der Waals surface area contributed by atoms with E-state index in [0.29, 0.717) is 11.3 Å². The van der Waals surface area contributed by atoms with Crippen molar-refractivity contribution >= 4 is 17.3 Å². The number of hydrogen-bond donors (Lipinski definition) is 1. The van der Waals surface area contributed by atoms with Crippen molar-refractivity contribution in [1.82, 2.24) is 0 Å². The van der Waals surface area contributed by atoms with Gasteiger partial charge in [-0.05, 0) is 13.3 Å². The normalized spacial score (nSPS) is 14.0. The molecule has 0 fully saturated rings. The number of hydrogen-bond acceptors (Lipinski definition) is 6. The van der Waals surface area contributed by atoms with Gasteiger partial charge in [0.25, 0.3) is 0 Å². The second-order valence-corrected chi connectivity index (χ2v) is 4.81. The maximum Gasteiger partial charge on any atom is 0.238 e. The Bertz CT molecular complexity index is 699. The number of carbonyl (C=O) groups excluding carboxylic acids is 2. The second-order valence-electron chi connectivity index (χ2n) is 4.81. The minimum atomic E-state index is -0.738. The van der Waals surface area contributed by atoms with E-state index in [-0.39, 0.29) is 40.4 Å². The van der Waals surface area contributed by atoms with Crippen LogP contribution in [-0.2, 0) is 4.79 Å². The van der Waals surface area contributed by atoms with E-state index in [9.17, 15) is 14.7 Å². The number of aliphatic hydroxyl groups excluding tert-OH is 1. The van der Waals surface area contributed by atoms with Gasteiger partial charge in [-0.15, -0.1) is 0 Å². The van der Waals surface area contributed by atoms with Crippen molar-refractivity contribution in [3.05, 3.63) is 22.3 Å². The number of ether oxygens (including phenoxy) is 3. The molecule has 1 N–H and O–H groups in total. The Morgan fingerprint density at radius 3 is 1.86 bits per heavy atom. The first-order chi connectivity index (χ1) is 10.4. The highest BCUT2D eigenvalue weighted by molar-refractivity contribution is 6.53. The van der Waals surface area contributed by atoms with Gasteiger partial charge in [-0.3, -0.25) is 9.59 Å². The minimum absolute atomic E-state index is 0.0264. The average molecular weight is 306 g/mol. The number of rotatable bonds is 4. The van der Waals surface area contributed by atoms with Gasteiger partial charge in [-0.25, -0.2) is 0 Å². The molecule has 0 unspecified atom stereocenters. The molecular weight excluding hydrogens is 288 g/mol. The summed E-state index contributed by atoms with van der Waals surface area (Å²) < 4.78 is 15.9. The van der Waals surface area contributed by atoms with Gasteiger partial charge in [0, 0.05) is 11.1 Å². The molecule has 0 aliphatic heterocycles. The van der Waals surface area contributed by atoms with Gasteiger partial charge in [0.1, 0.15) is 11.5 Å². The number of aliphatic hydroxyl groups is 1. The Morgan fingerprint density at radius 1 is 0.864 bits per heavy atom. The van der Waals surface area contributed by atoms with Crippen LogP contribution >= 0.6 is 0 Å². The van der Waals surface area contributed by atoms with Crippen molar-refractivity contribution in [2.45, 2.75) is 20.3 Å². The Hall–Kier alpha value is -2.50. The van der Waals surface area contributed by atoms with Crippen LogP contribution in [0.25, 0.3) is 5.76 Å². The van der Waals surface area contributed by atoms with Crippen LogP contribution in [0.4, 0.5) is 0 Å². The number of ketones is 2. The van der Waals surface area contributed by atoms with Gasteiger partial charge in [0.15, 0.2) is 11.5 Å². The van der Waals surface area contributed by atoms with Crippen LogP contribution < -0.4 is 14.2 Å². The molecule has 6 nitrogen and oxygen atoms in total. The molecule has 0 amide bonds. The number of benzene rings is 1. The minimum Gasteiger partial charge on any atom is -0.507 e. The van der Waals surface area contributed by atoms with Gasteiger partial charge in [0.05, 0.1) is 32.5 Å². The van der Waals surface area contributed by atoms with Crippen molar-refractivity contribution in [1.29, 1.82) is 0 Å². The van der Waals surface area contributed by atoms with E-state index in [1.807, 2.05) is 0 Å². The quantitative estimate of drug-likeness (QED) is 0.861. The van der Waals surface area contributed by atoms with Gasteiger partial charge >= 0.3 is 0 Å². The molecule has 0 saturated heterocycles. The van der Waals surface area contributed by atoms with Gasteiger partial charge in [-0.2, -0.15) is 0 Å². The monoisotopic (exact) mass is 306 g/mol. The van der Waals surface area contributed by atoms with E-state index in [4.69, 9.17) is 14.2 Å². The predicted molar refractivity (Wildman–Crippen MR) is 80.0 cm³/mol. The summed E-state index contributed by atoms with van der Waals surface area (Å²) in [5.41, 5.74) is 0.799. The third kappa shape index (κ3) is 1.94. The molecule has 1 aliphatic carbocycles. The molecule has 2 rings (SSSR count). The zero-order valence-electron chi connectivity index (χ0n) is 13.2. The smallest absolute Gasteiger partial charge is 0.238 e. The van der Waals surface area contributed by atoms with Gasteiger partial charge < -0.3 is 19.3 Å².